The van der Waals surface area contributed by atoms with Gasteiger partial charge in [0.05, 0.1) is 12.3 Å². The van der Waals surface area contributed by atoms with Crippen LogP contribution >= 0.6 is 0 Å². The first-order valence-corrected chi connectivity index (χ1v) is 10.7. The van der Waals surface area contributed by atoms with Crippen molar-refractivity contribution in [3.8, 4) is 0 Å². The van der Waals surface area contributed by atoms with Crippen molar-refractivity contribution in [1.29, 1.82) is 0 Å². The van der Waals surface area contributed by atoms with Crippen molar-refractivity contribution in [3.63, 3.8) is 0 Å². The average Bonchev–Trinajstić information content (AvgIpc) is 2.61. The number of nitrogens with one attached hydrogen (secondary N) is 2. The van der Waals surface area contributed by atoms with Crippen molar-refractivity contribution in [2.24, 2.45) is 10.9 Å². The van der Waals surface area contributed by atoms with Crippen LogP contribution in [0.5, 0.6) is 0 Å². The molecule has 1 aromatic carbocycles. The van der Waals surface area contributed by atoms with Crippen molar-refractivity contribution in [2.45, 2.75) is 33.2 Å². The van der Waals surface area contributed by atoms with Gasteiger partial charge in [-0.2, -0.15) is 0 Å². The minimum atomic E-state index is -3.33. The van der Waals surface area contributed by atoms with Gasteiger partial charge in [-0.25, -0.2) is 13.1 Å². The number of benzene rings is 1. The number of likely N-dealkylation sites (tertiary alicyclic amines) is 1. The molecule has 2 N–H and O–H groups in total. The fourth-order valence-corrected chi connectivity index (χ4v) is 3.64. The number of piperidine rings is 1. The van der Waals surface area contributed by atoms with E-state index >= 15 is 0 Å². The smallest absolute Gasteiger partial charge is 0.213 e. The van der Waals surface area contributed by atoms with E-state index in [1.807, 2.05) is 37.3 Å². The van der Waals surface area contributed by atoms with E-state index in [2.05, 4.69) is 26.9 Å². The zero-order valence-corrected chi connectivity index (χ0v) is 16.1. The summed E-state index contributed by atoms with van der Waals surface area (Å²) in [4.78, 5) is 6.74. The quantitative estimate of drug-likeness (QED) is 0.570. The predicted molar refractivity (Wildman–Crippen MR) is 103 cm³/mol. The van der Waals surface area contributed by atoms with Crippen LogP contribution in [0.1, 0.15) is 32.3 Å². The van der Waals surface area contributed by atoms with Gasteiger partial charge >= 0.3 is 0 Å². The molecule has 0 aromatic heterocycles. The van der Waals surface area contributed by atoms with Crippen LogP contribution in [-0.2, 0) is 16.6 Å². The normalized spacial score (nSPS) is 16.9. The Labute approximate surface area is 151 Å². The Morgan fingerprint density at radius 2 is 1.92 bits per heavy atom. The topological polar surface area (TPSA) is 73.8 Å². The van der Waals surface area contributed by atoms with Crippen LogP contribution in [0.15, 0.2) is 35.3 Å². The summed E-state index contributed by atoms with van der Waals surface area (Å²) < 4.78 is 26.9. The minimum absolute atomic E-state index is 0.00102. The number of sulfonamides is 1. The molecular formula is C18H30N4O2S. The second-order valence-corrected chi connectivity index (χ2v) is 8.46. The maximum atomic E-state index is 12.1. The molecule has 1 aliphatic rings. The summed E-state index contributed by atoms with van der Waals surface area (Å²) in [6, 6.07) is 9.52. The molecule has 1 heterocycles. The number of nitrogens with zero attached hydrogens (tertiary/aromatic N) is 2. The molecule has 0 saturated carbocycles. The highest BCUT2D eigenvalue weighted by molar-refractivity contribution is 7.89. The van der Waals surface area contributed by atoms with Crippen LogP contribution < -0.4 is 10.0 Å². The summed E-state index contributed by atoms with van der Waals surface area (Å²) in [5, 5.41) is 3.27. The highest BCUT2D eigenvalue weighted by Gasteiger charge is 2.18. The van der Waals surface area contributed by atoms with Crippen LogP contribution in [0.3, 0.4) is 0 Å². The third-order valence-corrected chi connectivity index (χ3v) is 5.68. The van der Waals surface area contributed by atoms with Crippen LogP contribution in [-0.4, -0.2) is 51.2 Å². The number of rotatable bonds is 7. The monoisotopic (exact) mass is 366 g/mol. The summed E-state index contributed by atoms with van der Waals surface area (Å²) in [5.41, 5.74) is 0.949. The second-order valence-electron chi connectivity index (χ2n) is 6.53. The molecule has 25 heavy (non-hydrogen) atoms. The van der Waals surface area contributed by atoms with E-state index in [0.29, 0.717) is 6.54 Å². The fourth-order valence-electron chi connectivity index (χ4n) is 2.78. The lowest BCUT2D eigenvalue weighted by molar-refractivity contribution is 0.273. The minimum Gasteiger partial charge on any atom is -0.357 e. The van der Waals surface area contributed by atoms with Gasteiger partial charge in [0.1, 0.15) is 0 Å². The molecular weight excluding hydrogens is 336 g/mol. The van der Waals surface area contributed by atoms with Crippen molar-refractivity contribution in [2.75, 3.05) is 31.9 Å². The molecule has 1 aliphatic heterocycles. The molecule has 0 aliphatic carbocycles. The van der Waals surface area contributed by atoms with E-state index < -0.39 is 10.0 Å². The van der Waals surface area contributed by atoms with Gasteiger partial charge in [0.15, 0.2) is 5.96 Å². The van der Waals surface area contributed by atoms with Gasteiger partial charge < -0.3 is 10.2 Å². The number of aliphatic imine (C=N–C) groups is 1. The zero-order valence-electron chi connectivity index (χ0n) is 15.2. The van der Waals surface area contributed by atoms with E-state index in [-0.39, 0.29) is 12.3 Å². The molecule has 0 spiro atoms. The molecule has 0 unspecified atom stereocenters. The second kappa shape index (κ2) is 9.77. The van der Waals surface area contributed by atoms with Crippen molar-refractivity contribution in [1.82, 2.24) is 14.9 Å². The molecule has 0 amide bonds. The highest BCUT2D eigenvalue weighted by atomic mass is 32.2. The lowest BCUT2D eigenvalue weighted by Crippen LogP contribution is -2.45. The van der Waals surface area contributed by atoms with E-state index in [1.54, 1.807) is 0 Å². The van der Waals surface area contributed by atoms with Crippen LogP contribution in [0.4, 0.5) is 0 Å². The maximum Gasteiger partial charge on any atom is 0.213 e. The summed E-state index contributed by atoms with van der Waals surface area (Å²) in [6.07, 6.45) is 2.31. The summed E-state index contributed by atoms with van der Waals surface area (Å²) >= 11 is 0. The van der Waals surface area contributed by atoms with Crippen molar-refractivity contribution >= 4 is 16.0 Å². The molecule has 1 fully saturated rings. The van der Waals surface area contributed by atoms with Crippen molar-refractivity contribution < 1.29 is 8.42 Å². The van der Waals surface area contributed by atoms with E-state index in [0.717, 1.165) is 49.9 Å². The predicted octanol–water partition coefficient (Wildman–Crippen LogP) is 1.80. The molecule has 7 heteroatoms. The maximum absolute atomic E-state index is 12.1. The summed E-state index contributed by atoms with van der Waals surface area (Å²) in [7, 11) is -3.33. The van der Waals surface area contributed by atoms with Gasteiger partial charge in [0.2, 0.25) is 10.0 Å². The largest absolute Gasteiger partial charge is 0.357 e. The van der Waals surface area contributed by atoms with Gasteiger partial charge in [0.25, 0.3) is 0 Å². The third kappa shape index (κ3) is 7.04. The van der Waals surface area contributed by atoms with Crippen molar-refractivity contribution in [3.05, 3.63) is 35.9 Å². The molecule has 140 valence electrons. The lowest BCUT2D eigenvalue weighted by Gasteiger charge is -2.33. The Balaban J connectivity index is 1.85. The first-order valence-electron chi connectivity index (χ1n) is 9.04. The van der Waals surface area contributed by atoms with Crippen LogP contribution in [0, 0.1) is 5.92 Å². The zero-order chi connectivity index (χ0) is 18.1. The Kier molecular flexibility index (Phi) is 7.71. The molecule has 0 bridgehead atoms. The van der Waals surface area contributed by atoms with Crippen LogP contribution in [0.25, 0.3) is 0 Å². The Hall–Kier alpha value is -1.60. The summed E-state index contributed by atoms with van der Waals surface area (Å²) in [5.74, 6) is 1.58. The Morgan fingerprint density at radius 3 is 2.56 bits per heavy atom. The van der Waals surface area contributed by atoms with E-state index in [1.165, 1.54) is 0 Å². The van der Waals surface area contributed by atoms with Crippen LogP contribution in [0.2, 0.25) is 0 Å². The molecule has 0 atom stereocenters. The SMILES string of the molecule is CCNC(=NCCS(=O)(=O)NCc1ccccc1)N1CCC(C)CC1. The average molecular weight is 367 g/mol. The van der Waals surface area contributed by atoms with E-state index in [9.17, 15) is 8.42 Å². The van der Waals surface area contributed by atoms with E-state index in [4.69, 9.17) is 0 Å². The number of hydrogen-bond acceptors (Lipinski definition) is 3. The third-order valence-electron chi connectivity index (χ3n) is 4.38. The van der Waals surface area contributed by atoms with Gasteiger partial charge in [-0.05, 0) is 31.2 Å². The Morgan fingerprint density at radius 1 is 1.24 bits per heavy atom. The molecule has 2 rings (SSSR count). The van der Waals surface area contributed by atoms with Gasteiger partial charge in [-0.3, -0.25) is 4.99 Å². The lowest BCUT2D eigenvalue weighted by atomic mass is 10.00. The van der Waals surface area contributed by atoms with Gasteiger partial charge in [-0.15, -0.1) is 0 Å². The fraction of sp³-hybridized carbons (Fsp3) is 0.611. The first kappa shape index (κ1) is 19.7. The van der Waals surface area contributed by atoms with Gasteiger partial charge in [0, 0.05) is 26.2 Å². The molecule has 1 aromatic rings. The molecule has 6 nitrogen and oxygen atoms in total. The number of guanidine groups is 1. The standard InChI is InChI=1S/C18H30N4O2S/c1-3-19-18(22-12-9-16(2)10-13-22)20-11-14-25(23,24)21-15-17-7-5-4-6-8-17/h4-8,16,21H,3,9-15H2,1-2H3,(H,19,20). The molecule has 0 radical (unpaired) electrons. The van der Waals surface area contributed by atoms with Gasteiger partial charge in [-0.1, -0.05) is 37.3 Å². The molecule has 1 saturated heterocycles. The Bertz CT molecular complexity index is 638. The highest BCUT2D eigenvalue weighted by Crippen LogP contribution is 2.15. The number of hydrogen-bond donors (Lipinski definition) is 2. The summed E-state index contributed by atoms with van der Waals surface area (Å²) in [6.45, 7) is 7.62. The first-order chi connectivity index (χ1) is 12.0.